The predicted molar refractivity (Wildman–Crippen MR) is 88.6 cm³/mol. The fourth-order valence-corrected chi connectivity index (χ4v) is 3.55. The maximum atomic E-state index is 4.16. The van der Waals surface area contributed by atoms with Crippen molar-refractivity contribution in [1.82, 2.24) is 15.2 Å². The van der Waals surface area contributed by atoms with E-state index in [0.717, 1.165) is 6.54 Å². The van der Waals surface area contributed by atoms with Crippen LogP contribution >= 0.6 is 11.3 Å². The van der Waals surface area contributed by atoms with Crippen molar-refractivity contribution in [2.24, 2.45) is 0 Å². The third-order valence-corrected chi connectivity index (χ3v) is 5.10. The van der Waals surface area contributed by atoms with Gasteiger partial charge in [0.2, 0.25) is 0 Å². The van der Waals surface area contributed by atoms with Crippen LogP contribution in [0.15, 0.2) is 42.0 Å². The van der Waals surface area contributed by atoms with E-state index < -0.39 is 0 Å². The van der Waals surface area contributed by atoms with Gasteiger partial charge < -0.3 is 10.2 Å². The van der Waals surface area contributed by atoms with E-state index in [2.05, 4.69) is 38.8 Å². The summed E-state index contributed by atoms with van der Waals surface area (Å²) in [4.78, 5) is 8.27. The van der Waals surface area contributed by atoms with Gasteiger partial charge >= 0.3 is 0 Å². The van der Waals surface area contributed by atoms with Gasteiger partial charge in [-0.05, 0) is 55.4 Å². The Morgan fingerprint density at radius 1 is 1.24 bits per heavy atom. The first-order valence-electron chi connectivity index (χ1n) is 7.77. The lowest BCUT2D eigenvalue weighted by molar-refractivity contribution is 0.199. The van der Waals surface area contributed by atoms with Crippen LogP contribution in [0.25, 0.3) is 0 Å². The number of aromatic nitrogens is 1. The number of thiophene rings is 1. The van der Waals surface area contributed by atoms with Crippen molar-refractivity contribution in [3.8, 4) is 0 Å². The predicted octanol–water partition coefficient (Wildman–Crippen LogP) is 2.94. The van der Waals surface area contributed by atoms with Gasteiger partial charge in [-0.3, -0.25) is 4.98 Å². The second-order valence-electron chi connectivity index (χ2n) is 5.69. The summed E-state index contributed by atoms with van der Waals surface area (Å²) in [6.45, 7) is 4.58. The Bertz CT molecular complexity index is 504. The molecule has 3 nitrogen and oxygen atoms in total. The van der Waals surface area contributed by atoms with Crippen LogP contribution in [0, 0.1) is 0 Å². The van der Waals surface area contributed by atoms with E-state index in [9.17, 15) is 0 Å². The summed E-state index contributed by atoms with van der Waals surface area (Å²) in [6.07, 6.45) is 7.49. The van der Waals surface area contributed by atoms with Crippen molar-refractivity contribution < 1.29 is 0 Å². The molecule has 3 heterocycles. The molecule has 2 aromatic heterocycles. The van der Waals surface area contributed by atoms with Gasteiger partial charge in [0.25, 0.3) is 0 Å². The Hall–Kier alpha value is -1.23. The number of hydrogen-bond donors (Lipinski definition) is 1. The topological polar surface area (TPSA) is 28.2 Å². The van der Waals surface area contributed by atoms with E-state index in [1.807, 2.05) is 29.8 Å². The van der Waals surface area contributed by atoms with E-state index in [0.29, 0.717) is 6.04 Å². The number of piperidine rings is 1. The number of pyridine rings is 1. The quantitative estimate of drug-likeness (QED) is 0.889. The molecule has 3 rings (SSSR count). The van der Waals surface area contributed by atoms with Crippen LogP contribution in [-0.2, 0) is 13.0 Å². The molecule has 2 aromatic rings. The Balaban J connectivity index is 1.35. The van der Waals surface area contributed by atoms with Crippen molar-refractivity contribution in [1.29, 1.82) is 0 Å². The molecule has 1 fully saturated rings. The van der Waals surface area contributed by atoms with Crippen LogP contribution < -0.4 is 5.32 Å². The maximum Gasteiger partial charge on any atom is 0.0312 e. The number of likely N-dealkylation sites (tertiary alicyclic amines) is 1. The monoisotopic (exact) mass is 301 g/mol. The summed E-state index contributed by atoms with van der Waals surface area (Å²) in [5.74, 6) is 0. The van der Waals surface area contributed by atoms with Crippen LogP contribution in [-0.4, -0.2) is 35.6 Å². The Morgan fingerprint density at radius 3 is 2.86 bits per heavy atom. The molecule has 112 valence electrons. The minimum absolute atomic E-state index is 0.656. The Labute approximate surface area is 131 Å². The minimum Gasteiger partial charge on any atom is -0.310 e. The largest absolute Gasteiger partial charge is 0.310 e. The number of nitrogens with one attached hydrogen (secondary N) is 1. The molecule has 4 heteroatoms. The molecule has 0 saturated carbocycles. The van der Waals surface area contributed by atoms with Crippen molar-refractivity contribution in [2.45, 2.75) is 31.8 Å². The van der Waals surface area contributed by atoms with E-state index in [1.54, 1.807) is 0 Å². The highest BCUT2D eigenvalue weighted by Crippen LogP contribution is 2.14. The highest BCUT2D eigenvalue weighted by atomic mass is 32.1. The van der Waals surface area contributed by atoms with E-state index in [-0.39, 0.29) is 0 Å². The maximum absolute atomic E-state index is 4.16. The lowest BCUT2D eigenvalue weighted by Crippen LogP contribution is -2.42. The number of nitrogens with zero attached hydrogens (tertiary/aromatic N) is 2. The zero-order chi connectivity index (χ0) is 14.3. The zero-order valence-electron chi connectivity index (χ0n) is 12.4. The highest BCUT2D eigenvalue weighted by molar-refractivity contribution is 7.09. The van der Waals surface area contributed by atoms with E-state index in [4.69, 9.17) is 0 Å². The molecule has 0 unspecified atom stereocenters. The highest BCUT2D eigenvalue weighted by Gasteiger charge is 2.18. The second-order valence-corrected chi connectivity index (χ2v) is 6.72. The second kappa shape index (κ2) is 7.69. The van der Waals surface area contributed by atoms with Crippen molar-refractivity contribution in [2.75, 3.05) is 19.6 Å². The van der Waals surface area contributed by atoms with Gasteiger partial charge in [0, 0.05) is 36.4 Å². The first kappa shape index (κ1) is 14.7. The van der Waals surface area contributed by atoms with Crippen molar-refractivity contribution in [3.63, 3.8) is 0 Å². The number of rotatable bonds is 6. The van der Waals surface area contributed by atoms with Crippen molar-refractivity contribution >= 4 is 11.3 Å². The molecular weight excluding hydrogens is 278 g/mol. The van der Waals surface area contributed by atoms with Gasteiger partial charge in [0.1, 0.15) is 0 Å². The SMILES string of the molecule is c1cncc(CNC2CCN(CCc3cccs3)CC2)c1. The van der Waals surface area contributed by atoms with Crippen LogP contribution in [0.4, 0.5) is 0 Å². The van der Waals surface area contributed by atoms with Gasteiger partial charge in [-0.25, -0.2) is 0 Å². The van der Waals surface area contributed by atoms with Crippen LogP contribution in [0.2, 0.25) is 0 Å². The van der Waals surface area contributed by atoms with Gasteiger partial charge in [0.15, 0.2) is 0 Å². The standard InChI is InChI=1S/C17H23N3S/c1-3-15(13-18-8-1)14-19-16-5-9-20(10-6-16)11-7-17-4-2-12-21-17/h1-4,8,12-13,16,19H,5-7,9-11,14H2. The molecule has 1 N–H and O–H groups in total. The van der Waals surface area contributed by atoms with Gasteiger partial charge in [-0.15, -0.1) is 11.3 Å². The normalized spacial score (nSPS) is 17.1. The third kappa shape index (κ3) is 4.63. The first-order valence-corrected chi connectivity index (χ1v) is 8.65. The fraction of sp³-hybridized carbons (Fsp3) is 0.471. The summed E-state index contributed by atoms with van der Waals surface area (Å²) in [5.41, 5.74) is 1.28. The average Bonchev–Trinajstić information content (AvgIpc) is 3.06. The summed E-state index contributed by atoms with van der Waals surface area (Å²) in [7, 11) is 0. The molecule has 1 saturated heterocycles. The van der Waals surface area contributed by atoms with Crippen LogP contribution in [0.1, 0.15) is 23.3 Å². The molecule has 0 bridgehead atoms. The number of hydrogen-bond acceptors (Lipinski definition) is 4. The molecule has 0 aromatic carbocycles. The summed E-state index contributed by atoms with van der Waals surface area (Å²) >= 11 is 1.87. The summed E-state index contributed by atoms with van der Waals surface area (Å²) in [5, 5.41) is 5.83. The molecule has 0 spiro atoms. The molecule has 21 heavy (non-hydrogen) atoms. The molecule has 1 aliphatic rings. The molecule has 0 radical (unpaired) electrons. The third-order valence-electron chi connectivity index (χ3n) is 4.16. The van der Waals surface area contributed by atoms with Gasteiger partial charge in [0.05, 0.1) is 0 Å². The van der Waals surface area contributed by atoms with Gasteiger partial charge in [-0.1, -0.05) is 12.1 Å². The first-order chi connectivity index (χ1) is 10.4. The van der Waals surface area contributed by atoms with E-state index >= 15 is 0 Å². The van der Waals surface area contributed by atoms with Crippen LogP contribution in [0.5, 0.6) is 0 Å². The molecule has 1 aliphatic heterocycles. The van der Waals surface area contributed by atoms with Gasteiger partial charge in [-0.2, -0.15) is 0 Å². The smallest absolute Gasteiger partial charge is 0.0312 e. The van der Waals surface area contributed by atoms with Crippen molar-refractivity contribution in [3.05, 3.63) is 52.5 Å². The summed E-state index contributed by atoms with van der Waals surface area (Å²) in [6, 6.07) is 9.19. The lowest BCUT2D eigenvalue weighted by Gasteiger charge is -2.32. The molecule has 0 atom stereocenters. The molecular formula is C17H23N3S. The lowest BCUT2D eigenvalue weighted by atomic mass is 10.0. The Morgan fingerprint density at radius 2 is 2.14 bits per heavy atom. The molecule has 0 aliphatic carbocycles. The zero-order valence-corrected chi connectivity index (χ0v) is 13.2. The summed E-state index contributed by atoms with van der Waals surface area (Å²) < 4.78 is 0. The average molecular weight is 301 g/mol. The van der Waals surface area contributed by atoms with Crippen LogP contribution in [0.3, 0.4) is 0 Å². The Kier molecular flexibility index (Phi) is 5.38. The molecule has 0 amide bonds. The van der Waals surface area contributed by atoms with E-state index in [1.165, 1.54) is 49.3 Å². The minimum atomic E-state index is 0.656. The fourth-order valence-electron chi connectivity index (χ4n) is 2.85.